The molecule has 5 rings (SSSR count). The molecular weight excluding hydrogens is 316 g/mol. The molecule has 4 aliphatic carbocycles. The van der Waals surface area contributed by atoms with Crippen LogP contribution in [0.5, 0.6) is 0 Å². The Labute approximate surface area is 149 Å². The number of aliphatic hydroxyl groups is 1. The van der Waals surface area contributed by atoms with Crippen molar-refractivity contribution in [2.45, 2.75) is 70.5 Å². The minimum atomic E-state index is -0.622. The van der Waals surface area contributed by atoms with Crippen LogP contribution < -0.4 is 0 Å². The molecule has 0 unspecified atom stereocenters. The molecule has 1 aliphatic heterocycles. The highest BCUT2D eigenvalue weighted by Gasteiger charge is 2.71. The zero-order chi connectivity index (χ0) is 17.6. The van der Waals surface area contributed by atoms with Gasteiger partial charge < -0.3 is 9.84 Å². The summed E-state index contributed by atoms with van der Waals surface area (Å²) in [6.45, 7) is 4.71. The molecule has 0 aromatic rings. The third kappa shape index (κ3) is 1.76. The van der Waals surface area contributed by atoms with Crippen LogP contribution in [0.4, 0.5) is 0 Å². The summed E-state index contributed by atoms with van der Waals surface area (Å²) in [7, 11) is 0. The number of allylic oxidation sites excluding steroid dienone is 1. The number of hydrogen-bond acceptors (Lipinski definition) is 4. The first-order valence-corrected chi connectivity index (χ1v) is 9.91. The Morgan fingerprint density at radius 1 is 1.16 bits per heavy atom. The van der Waals surface area contributed by atoms with Gasteiger partial charge in [0, 0.05) is 11.8 Å². The Morgan fingerprint density at radius 2 is 1.96 bits per heavy atom. The second-order valence-corrected chi connectivity index (χ2v) is 9.65. The molecule has 4 heteroatoms. The maximum atomic E-state index is 12.5. The molecule has 136 valence electrons. The first-order chi connectivity index (χ1) is 11.8. The highest BCUT2D eigenvalue weighted by Crippen LogP contribution is 2.69. The van der Waals surface area contributed by atoms with E-state index >= 15 is 0 Å². The topological polar surface area (TPSA) is 63.6 Å². The SMILES string of the molecule is C[C@]12CCC(=O)C=C1CC[C@@H]1[C@@H]2[C@H](O)C[C@]2(C)[C@H]1CC[C@@]21OCC1=O. The minimum absolute atomic E-state index is 0.0577. The van der Waals surface area contributed by atoms with Crippen LogP contribution in [0.1, 0.15) is 58.8 Å². The Bertz CT molecular complexity index is 696. The first kappa shape index (κ1) is 16.2. The van der Waals surface area contributed by atoms with Crippen LogP contribution in [-0.4, -0.2) is 35.0 Å². The van der Waals surface area contributed by atoms with E-state index in [1.807, 2.05) is 6.08 Å². The van der Waals surface area contributed by atoms with Crippen LogP contribution in [0, 0.1) is 28.6 Å². The smallest absolute Gasteiger partial charge is 0.190 e. The van der Waals surface area contributed by atoms with Gasteiger partial charge in [-0.3, -0.25) is 9.59 Å². The van der Waals surface area contributed by atoms with E-state index in [-0.39, 0.29) is 34.9 Å². The fourth-order valence-corrected chi connectivity index (χ4v) is 7.68. The summed E-state index contributed by atoms with van der Waals surface area (Å²) in [6.07, 6.45) is 7.41. The number of aliphatic hydroxyl groups excluding tert-OH is 1. The van der Waals surface area contributed by atoms with Crippen molar-refractivity contribution in [3.05, 3.63) is 11.6 Å². The summed E-state index contributed by atoms with van der Waals surface area (Å²) in [4.78, 5) is 24.4. The predicted molar refractivity (Wildman–Crippen MR) is 91.8 cm³/mol. The first-order valence-electron chi connectivity index (χ1n) is 9.91. The van der Waals surface area contributed by atoms with E-state index in [1.54, 1.807) is 0 Å². The molecule has 1 N–H and O–H groups in total. The van der Waals surface area contributed by atoms with Crippen LogP contribution in [0.15, 0.2) is 11.6 Å². The minimum Gasteiger partial charge on any atom is -0.393 e. The Balaban J connectivity index is 1.55. The van der Waals surface area contributed by atoms with Gasteiger partial charge >= 0.3 is 0 Å². The summed E-state index contributed by atoms with van der Waals surface area (Å²) in [5.41, 5.74) is 0.350. The van der Waals surface area contributed by atoms with E-state index in [1.165, 1.54) is 5.57 Å². The van der Waals surface area contributed by atoms with E-state index in [0.717, 1.165) is 32.1 Å². The van der Waals surface area contributed by atoms with Gasteiger partial charge in [0.05, 0.1) is 6.10 Å². The van der Waals surface area contributed by atoms with Crippen LogP contribution >= 0.6 is 0 Å². The van der Waals surface area contributed by atoms with Gasteiger partial charge in [-0.05, 0) is 67.8 Å². The van der Waals surface area contributed by atoms with Crippen LogP contribution in [-0.2, 0) is 14.3 Å². The van der Waals surface area contributed by atoms with Gasteiger partial charge in [0.25, 0.3) is 0 Å². The molecule has 7 atom stereocenters. The van der Waals surface area contributed by atoms with Crippen molar-refractivity contribution >= 4 is 11.6 Å². The molecule has 0 amide bonds. The zero-order valence-electron chi connectivity index (χ0n) is 15.2. The maximum absolute atomic E-state index is 12.5. The van der Waals surface area contributed by atoms with Crippen molar-refractivity contribution in [3.8, 4) is 0 Å². The third-order valence-electron chi connectivity index (χ3n) is 8.92. The summed E-state index contributed by atoms with van der Waals surface area (Å²) in [5.74, 6) is 1.58. The largest absolute Gasteiger partial charge is 0.393 e. The number of carbonyl (C=O) groups is 2. The van der Waals surface area contributed by atoms with Crippen molar-refractivity contribution in [1.29, 1.82) is 0 Å². The maximum Gasteiger partial charge on any atom is 0.190 e. The monoisotopic (exact) mass is 344 g/mol. The van der Waals surface area contributed by atoms with Crippen LogP contribution in [0.3, 0.4) is 0 Å². The third-order valence-corrected chi connectivity index (χ3v) is 8.92. The number of carbonyl (C=O) groups excluding carboxylic acids is 2. The Morgan fingerprint density at radius 3 is 2.64 bits per heavy atom. The van der Waals surface area contributed by atoms with E-state index in [2.05, 4.69) is 13.8 Å². The quantitative estimate of drug-likeness (QED) is 0.734. The molecule has 25 heavy (non-hydrogen) atoms. The van der Waals surface area contributed by atoms with Crippen molar-refractivity contribution in [3.63, 3.8) is 0 Å². The lowest BCUT2D eigenvalue weighted by atomic mass is 9.45. The van der Waals surface area contributed by atoms with E-state index in [0.29, 0.717) is 24.7 Å². The average Bonchev–Trinajstić information content (AvgIpc) is 2.88. The fourth-order valence-electron chi connectivity index (χ4n) is 7.68. The van der Waals surface area contributed by atoms with Gasteiger partial charge in [-0.2, -0.15) is 0 Å². The number of fused-ring (bicyclic) bond motifs is 6. The molecule has 0 aromatic carbocycles. The van der Waals surface area contributed by atoms with E-state index in [4.69, 9.17) is 4.74 Å². The summed E-state index contributed by atoms with van der Waals surface area (Å²) in [5, 5.41) is 11.2. The fraction of sp³-hybridized carbons (Fsp3) is 0.810. The molecule has 0 bridgehead atoms. The molecule has 4 fully saturated rings. The molecule has 4 nitrogen and oxygen atoms in total. The van der Waals surface area contributed by atoms with Gasteiger partial charge in [0.1, 0.15) is 12.2 Å². The Kier molecular flexibility index (Phi) is 3.13. The summed E-state index contributed by atoms with van der Waals surface area (Å²) in [6, 6.07) is 0. The normalized spacial score (nSPS) is 54.4. The van der Waals surface area contributed by atoms with Gasteiger partial charge in [0.2, 0.25) is 0 Å². The van der Waals surface area contributed by atoms with Crippen molar-refractivity contribution in [2.75, 3.05) is 6.61 Å². The van der Waals surface area contributed by atoms with Gasteiger partial charge in [-0.15, -0.1) is 0 Å². The van der Waals surface area contributed by atoms with Gasteiger partial charge in [-0.25, -0.2) is 0 Å². The highest BCUT2D eigenvalue weighted by molar-refractivity contribution is 5.94. The van der Waals surface area contributed by atoms with Gasteiger partial charge in [0.15, 0.2) is 11.6 Å². The van der Waals surface area contributed by atoms with Crippen molar-refractivity contribution in [1.82, 2.24) is 0 Å². The molecular formula is C21H28O4. The second kappa shape index (κ2) is 4.83. The van der Waals surface area contributed by atoms with Crippen LogP contribution in [0.25, 0.3) is 0 Å². The van der Waals surface area contributed by atoms with E-state index in [9.17, 15) is 14.7 Å². The van der Waals surface area contributed by atoms with Gasteiger partial charge in [-0.1, -0.05) is 19.4 Å². The standard InChI is InChI=1S/C21H28O4/c1-19-7-5-13(22)9-12(19)3-4-14-15-6-8-21(17(24)11-25-21)20(15,2)10-16(23)18(14)19/h9,14-16,18,23H,3-8,10-11H2,1-2H3/t14-,15-,16+,18+,19-,20+,21-/m0/s1. The lowest BCUT2D eigenvalue weighted by Crippen LogP contribution is -2.67. The van der Waals surface area contributed by atoms with Crippen molar-refractivity contribution in [2.24, 2.45) is 28.6 Å². The molecule has 1 heterocycles. The molecule has 5 aliphatic rings. The summed E-state index contributed by atoms with van der Waals surface area (Å²) < 4.78 is 5.92. The number of Topliss-reactive ketones (excluding diaryl/α,β-unsaturated/α-hetero) is 1. The highest BCUT2D eigenvalue weighted by atomic mass is 16.5. The molecule has 3 saturated carbocycles. The average molecular weight is 344 g/mol. The number of ketones is 2. The number of hydrogen-bond donors (Lipinski definition) is 1. The molecule has 1 saturated heterocycles. The predicted octanol–water partition coefficient (Wildman–Crippen LogP) is 2.83. The lowest BCUT2D eigenvalue weighted by Gasteiger charge is -2.62. The number of ether oxygens (including phenoxy) is 1. The lowest BCUT2D eigenvalue weighted by molar-refractivity contribution is -0.226. The molecule has 0 radical (unpaired) electrons. The zero-order valence-corrected chi connectivity index (χ0v) is 15.2. The van der Waals surface area contributed by atoms with Crippen LogP contribution in [0.2, 0.25) is 0 Å². The molecule has 0 aromatic heterocycles. The van der Waals surface area contributed by atoms with Crippen molar-refractivity contribution < 1.29 is 19.4 Å². The summed E-state index contributed by atoms with van der Waals surface area (Å²) >= 11 is 0. The second-order valence-electron chi connectivity index (χ2n) is 9.65. The Hall–Kier alpha value is -1.00. The number of rotatable bonds is 0. The van der Waals surface area contributed by atoms with E-state index < -0.39 is 11.7 Å². The molecule has 1 spiro atoms.